The van der Waals surface area contributed by atoms with Crippen molar-refractivity contribution in [2.24, 2.45) is 5.73 Å². The lowest BCUT2D eigenvalue weighted by atomic mass is 9.89. The van der Waals surface area contributed by atoms with Gasteiger partial charge in [0.05, 0.1) is 0 Å². The van der Waals surface area contributed by atoms with E-state index in [1.54, 1.807) is 69.3 Å². The molecule has 0 aliphatic carbocycles. The molecule has 0 fully saturated rings. The molecule has 0 radical (unpaired) electrons. The first-order valence-corrected chi connectivity index (χ1v) is 11.8. The molecule has 2 amide bonds. The number of hydrogen-bond acceptors (Lipinski definition) is 3. The highest BCUT2D eigenvalue weighted by molar-refractivity contribution is 5.97. The number of aryl methyl sites for hydroxylation is 1. The van der Waals surface area contributed by atoms with Crippen molar-refractivity contribution >= 4 is 17.8 Å². The summed E-state index contributed by atoms with van der Waals surface area (Å²) in [6.45, 7) is 5.11. The Kier molecular flexibility index (Phi) is 8.42. The molecule has 3 aromatic rings. The van der Waals surface area contributed by atoms with Gasteiger partial charge in [-0.15, -0.1) is 0 Å². The molecule has 0 aromatic heterocycles. The number of amides is 2. The molecule has 0 spiro atoms. The molecular formula is C29H30F2N2O4. The van der Waals surface area contributed by atoms with E-state index < -0.39 is 35.2 Å². The Hall–Kier alpha value is -4.07. The molecule has 3 aromatic carbocycles. The number of carboxylic acid groups (broad SMARTS) is 1. The van der Waals surface area contributed by atoms with E-state index in [1.807, 2.05) is 0 Å². The van der Waals surface area contributed by atoms with E-state index in [9.17, 15) is 28.3 Å². The van der Waals surface area contributed by atoms with Gasteiger partial charge in [0.1, 0.15) is 17.7 Å². The second-order valence-electron chi connectivity index (χ2n) is 9.69. The van der Waals surface area contributed by atoms with Gasteiger partial charge in [-0.1, -0.05) is 36.4 Å². The quantitative estimate of drug-likeness (QED) is 0.397. The van der Waals surface area contributed by atoms with Crippen molar-refractivity contribution in [2.75, 3.05) is 0 Å². The molecule has 0 aliphatic rings. The van der Waals surface area contributed by atoms with E-state index in [0.29, 0.717) is 22.3 Å². The molecule has 6 nitrogen and oxygen atoms in total. The molecule has 0 heterocycles. The summed E-state index contributed by atoms with van der Waals surface area (Å²) in [4.78, 5) is 38.8. The van der Waals surface area contributed by atoms with Crippen molar-refractivity contribution in [2.45, 2.75) is 51.6 Å². The Morgan fingerprint density at radius 3 is 2.08 bits per heavy atom. The number of halogens is 2. The van der Waals surface area contributed by atoms with Crippen molar-refractivity contribution in [3.63, 3.8) is 0 Å². The van der Waals surface area contributed by atoms with Crippen molar-refractivity contribution in [3.05, 3.63) is 95.1 Å². The minimum absolute atomic E-state index is 0.163. The number of carbonyl (C=O) groups is 3. The average Bonchev–Trinajstić information content (AvgIpc) is 2.84. The van der Waals surface area contributed by atoms with Gasteiger partial charge in [0.2, 0.25) is 5.91 Å². The summed E-state index contributed by atoms with van der Waals surface area (Å²) in [7, 11) is 0. The van der Waals surface area contributed by atoms with Crippen LogP contribution in [0.2, 0.25) is 0 Å². The van der Waals surface area contributed by atoms with Crippen LogP contribution < -0.4 is 5.73 Å². The Morgan fingerprint density at radius 1 is 0.946 bits per heavy atom. The van der Waals surface area contributed by atoms with E-state index in [0.717, 1.165) is 0 Å². The van der Waals surface area contributed by atoms with Crippen molar-refractivity contribution in [3.8, 4) is 11.1 Å². The number of carbonyl (C=O) groups excluding carboxylic acids is 2. The van der Waals surface area contributed by atoms with Crippen LogP contribution in [0.25, 0.3) is 11.1 Å². The molecule has 37 heavy (non-hydrogen) atoms. The summed E-state index contributed by atoms with van der Waals surface area (Å²) in [6, 6.07) is 15.7. The van der Waals surface area contributed by atoms with Crippen molar-refractivity contribution < 1.29 is 28.3 Å². The zero-order valence-corrected chi connectivity index (χ0v) is 21.0. The highest BCUT2D eigenvalue weighted by Gasteiger charge is 2.40. The maximum atomic E-state index is 14.0. The van der Waals surface area contributed by atoms with E-state index >= 15 is 0 Å². The molecule has 0 saturated heterocycles. The third kappa shape index (κ3) is 6.78. The first-order chi connectivity index (χ1) is 17.4. The first kappa shape index (κ1) is 27.5. The number of primary amides is 1. The van der Waals surface area contributed by atoms with E-state index in [4.69, 9.17) is 5.73 Å². The fraction of sp³-hybridized carbons (Fsp3) is 0.276. The molecule has 0 bridgehead atoms. The second kappa shape index (κ2) is 11.3. The predicted octanol–water partition coefficient (Wildman–Crippen LogP) is 5.12. The SMILES string of the molecule is Cc1ccc(-c2ccc(C(=O)N([C@@H](CCC(N)=O)C(=O)O)C(C)(C)Cc3ccc(F)cc3)cc2)cc1F. The number of benzene rings is 3. The molecule has 0 saturated carbocycles. The lowest BCUT2D eigenvalue weighted by Crippen LogP contribution is -2.57. The van der Waals surface area contributed by atoms with Crippen LogP contribution in [-0.2, 0) is 16.0 Å². The number of nitrogens with zero attached hydrogens (tertiary/aromatic N) is 1. The zero-order valence-electron chi connectivity index (χ0n) is 21.0. The van der Waals surface area contributed by atoms with Gasteiger partial charge in [0.15, 0.2) is 0 Å². The van der Waals surface area contributed by atoms with Gasteiger partial charge in [0.25, 0.3) is 5.91 Å². The molecule has 3 rings (SSSR count). The van der Waals surface area contributed by atoms with Gasteiger partial charge in [-0.05, 0) is 86.2 Å². The van der Waals surface area contributed by atoms with E-state index in [1.165, 1.54) is 23.1 Å². The van der Waals surface area contributed by atoms with Crippen molar-refractivity contribution in [1.29, 1.82) is 0 Å². The number of hydrogen-bond donors (Lipinski definition) is 2. The minimum Gasteiger partial charge on any atom is -0.480 e. The maximum absolute atomic E-state index is 14.0. The average molecular weight is 509 g/mol. The lowest BCUT2D eigenvalue weighted by molar-refractivity contribution is -0.144. The second-order valence-corrected chi connectivity index (χ2v) is 9.69. The van der Waals surface area contributed by atoms with Crippen LogP contribution in [0.15, 0.2) is 66.7 Å². The van der Waals surface area contributed by atoms with Gasteiger partial charge in [-0.3, -0.25) is 9.59 Å². The number of carboxylic acids is 1. The van der Waals surface area contributed by atoms with Crippen LogP contribution in [0.1, 0.15) is 48.2 Å². The standard InChI is InChI=1S/C29H30F2N2O4/c1-18-4-7-22(16-24(18)31)20-8-10-21(11-9-20)27(35)33(25(28(36)37)14-15-26(32)34)29(2,3)17-19-5-12-23(30)13-6-19/h4-13,16,25H,14-15,17H2,1-3H3,(H2,32,34)(H,36,37)/t25-/m0/s1. The number of nitrogens with two attached hydrogens (primary N) is 1. The molecule has 0 aliphatic heterocycles. The van der Waals surface area contributed by atoms with E-state index in [-0.39, 0.29) is 30.6 Å². The van der Waals surface area contributed by atoms with Gasteiger partial charge >= 0.3 is 5.97 Å². The number of rotatable bonds is 10. The smallest absolute Gasteiger partial charge is 0.326 e. The van der Waals surface area contributed by atoms with Gasteiger partial charge in [-0.2, -0.15) is 0 Å². The third-order valence-corrected chi connectivity index (χ3v) is 6.32. The van der Waals surface area contributed by atoms with Crippen LogP contribution in [0, 0.1) is 18.6 Å². The summed E-state index contributed by atoms with van der Waals surface area (Å²) in [5.74, 6) is -3.25. The fourth-order valence-electron chi connectivity index (χ4n) is 4.38. The van der Waals surface area contributed by atoms with Crippen LogP contribution in [0.5, 0.6) is 0 Å². The fourth-order valence-corrected chi connectivity index (χ4v) is 4.38. The largest absolute Gasteiger partial charge is 0.480 e. The highest BCUT2D eigenvalue weighted by atomic mass is 19.1. The van der Waals surface area contributed by atoms with Gasteiger partial charge in [0, 0.05) is 17.5 Å². The summed E-state index contributed by atoms with van der Waals surface area (Å²) in [5.41, 5.74) is 7.02. The van der Waals surface area contributed by atoms with E-state index in [2.05, 4.69) is 0 Å². The predicted molar refractivity (Wildman–Crippen MR) is 137 cm³/mol. The summed E-state index contributed by atoms with van der Waals surface area (Å²) in [5, 5.41) is 10.0. The Bertz CT molecular complexity index is 1290. The molecule has 0 unspecified atom stereocenters. The van der Waals surface area contributed by atoms with Crippen LogP contribution in [-0.4, -0.2) is 39.4 Å². The Labute approximate surface area is 214 Å². The zero-order chi connectivity index (χ0) is 27.3. The monoisotopic (exact) mass is 508 g/mol. The Morgan fingerprint density at radius 2 is 1.54 bits per heavy atom. The third-order valence-electron chi connectivity index (χ3n) is 6.32. The first-order valence-electron chi connectivity index (χ1n) is 11.8. The van der Waals surface area contributed by atoms with Crippen LogP contribution >= 0.6 is 0 Å². The molecular weight excluding hydrogens is 478 g/mol. The van der Waals surface area contributed by atoms with Crippen LogP contribution in [0.4, 0.5) is 8.78 Å². The number of aliphatic carboxylic acids is 1. The van der Waals surface area contributed by atoms with Crippen LogP contribution in [0.3, 0.4) is 0 Å². The molecule has 194 valence electrons. The van der Waals surface area contributed by atoms with Gasteiger partial charge < -0.3 is 15.7 Å². The maximum Gasteiger partial charge on any atom is 0.326 e. The van der Waals surface area contributed by atoms with Gasteiger partial charge in [-0.25, -0.2) is 13.6 Å². The summed E-state index contributed by atoms with van der Waals surface area (Å²) < 4.78 is 27.5. The topological polar surface area (TPSA) is 101 Å². The summed E-state index contributed by atoms with van der Waals surface area (Å²) in [6.07, 6.45) is -0.143. The Balaban J connectivity index is 1.99. The highest BCUT2D eigenvalue weighted by Crippen LogP contribution is 2.29. The normalized spacial score (nSPS) is 12.1. The molecule has 8 heteroatoms. The molecule has 3 N–H and O–H groups in total. The van der Waals surface area contributed by atoms with Crippen molar-refractivity contribution in [1.82, 2.24) is 4.90 Å². The summed E-state index contributed by atoms with van der Waals surface area (Å²) >= 11 is 0. The molecule has 1 atom stereocenters. The lowest BCUT2D eigenvalue weighted by Gasteiger charge is -2.42. The minimum atomic E-state index is -1.33.